The van der Waals surface area contributed by atoms with Gasteiger partial charge in [-0.05, 0) is 6.21 Å². The van der Waals surface area contributed by atoms with Crippen molar-refractivity contribution in [3.05, 3.63) is 0 Å². The molecule has 0 saturated carbocycles. The van der Waals surface area contributed by atoms with Crippen LogP contribution in [-0.2, 0) is 9.53 Å². The van der Waals surface area contributed by atoms with Gasteiger partial charge >= 0.3 is 5.97 Å². The molecule has 2 N–H and O–H groups in total. The molecular formula is C6H11NO3. The number of carboxylic acids is 1. The van der Waals surface area contributed by atoms with Crippen LogP contribution in [0.2, 0.25) is 0 Å². The van der Waals surface area contributed by atoms with Crippen LogP contribution in [0.5, 0.6) is 0 Å². The number of ether oxygens (including phenoxy) is 1. The average molecular weight is 145 g/mol. The van der Waals surface area contributed by atoms with Crippen LogP contribution in [-0.4, -0.2) is 30.5 Å². The molecule has 0 fully saturated rings. The Morgan fingerprint density at radius 2 is 2.50 bits per heavy atom. The van der Waals surface area contributed by atoms with Crippen LogP contribution in [0.25, 0.3) is 0 Å². The minimum Gasteiger partial charge on any atom is -0.481 e. The van der Waals surface area contributed by atoms with Gasteiger partial charge in [-0.15, -0.1) is 0 Å². The third-order valence-electron chi connectivity index (χ3n) is 1.12. The van der Waals surface area contributed by atoms with E-state index in [2.05, 4.69) is 0 Å². The summed E-state index contributed by atoms with van der Waals surface area (Å²) in [7, 11) is 1.44. The van der Waals surface area contributed by atoms with Crippen LogP contribution < -0.4 is 0 Å². The molecule has 10 heavy (non-hydrogen) atoms. The Kier molecular flexibility index (Phi) is 4.49. The summed E-state index contributed by atoms with van der Waals surface area (Å²) in [6.45, 7) is 0. The molecule has 0 aromatic rings. The van der Waals surface area contributed by atoms with Crippen molar-refractivity contribution < 1.29 is 14.6 Å². The molecule has 0 aliphatic carbocycles. The second-order valence-corrected chi connectivity index (χ2v) is 1.90. The van der Waals surface area contributed by atoms with Gasteiger partial charge < -0.3 is 15.3 Å². The fourth-order valence-corrected chi connectivity index (χ4v) is 0.589. The van der Waals surface area contributed by atoms with Crippen molar-refractivity contribution in [3.8, 4) is 0 Å². The van der Waals surface area contributed by atoms with E-state index in [9.17, 15) is 4.79 Å². The summed E-state index contributed by atoms with van der Waals surface area (Å²) >= 11 is 0. The highest BCUT2D eigenvalue weighted by Crippen LogP contribution is 1.99. The van der Waals surface area contributed by atoms with Gasteiger partial charge in [0.1, 0.15) is 0 Å². The molecule has 0 bridgehead atoms. The van der Waals surface area contributed by atoms with E-state index >= 15 is 0 Å². The van der Waals surface area contributed by atoms with Crippen LogP contribution in [0, 0.1) is 5.41 Å². The zero-order chi connectivity index (χ0) is 7.98. The van der Waals surface area contributed by atoms with E-state index in [1.54, 1.807) is 0 Å². The Morgan fingerprint density at radius 3 is 2.80 bits per heavy atom. The third kappa shape index (κ3) is 4.03. The summed E-state index contributed by atoms with van der Waals surface area (Å²) < 4.78 is 4.77. The van der Waals surface area contributed by atoms with Crippen molar-refractivity contribution >= 4 is 12.2 Å². The van der Waals surface area contributed by atoms with Crippen molar-refractivity contribution in [2.24, 2.45) is 0 Å². The number of hydrogen-bond donors (Lipinski definition) is 2. The van der Waals surface area contributed by atoms with E-state index in [0.29, 0.717) is 6.42 Å². The lowest BCUT2D eigenvalue weighted by Gasteiger charge is -2.08. The van der Waals surface area contributed by atoms with Crippen molar-refractivity contribution in [2.75, 3.05) is 7.11 Å². The Hall–Kier alpha value is -0.900. The van der Waals surface area contributed by atoms with Gasteiger partial charge in [-0.3, -0.25) is 4.79 Å². The maximum Gasteiger partial charge on any atom is 0.305 e. The molecule has 0 aromatic heterocycles. The Labute approximate surface area is 59.3 Å². The first-order valence-electron chi connectivity index (χ1n) is 2.94. The topological polar surface area (TPSA) is 70.4 Å². The SMILES string of the molecule is COC(CC=N)CC(=O)O. The van der Waals surface area contributed by atoms with Crippen LogP contribution >= 0.6 is 0 Å². The van der Waals surface area contributed by atoms with E-state index in [-0.39, 0.29) is 12.5 Å². The average Bonchev–Trinajstić information content (AvgIpc) is 1.86. The number of nitrogens with one attached hydrogen (secondary N) is 1. The molecule has 1 atom stereocenters. The van der Waals surface area contributed by atoms with Crippen LogP contribution in [0.3, 0.4) is 0 Å². The highest BCUT2D eigenvalue weighted by Gasteiger charge is 2.09. The van der Waals surface area contributed by atoms with Gasteiger partial charge in [0, 0.05) is 13.5 Å². The smallest absolute Gasteiger partial charge is 0.305 e. The van der Waals surface area contributed by atoms with Crippen molar-refractivity contribution in [1.29, 1.82) is 5.41 Å². The summed E-state index contributed by atoms with van der Waals surface area (Å²) in [5.74, 6) is -0.895. The lowest BCUT2D eigenvalue weighted by molar-refractivity contribution is -0.139. The zero-order valence-corrected chi connectivity index (χ0v) is 5.83. The number of methoxy groups -OCH3 is 1. The minimum atomic E-state index is -0.895. The second kappa shape index (κ2) is 4.93. The van der Waals surface area contributed by atoms with Crippen LogP contribution in [0.15, 0.2) is 0 Å². The zero-order valence-electron chi connectivity index (χ0n) is 5.83. The molecular weight excluding hydrogens is 134 g/mol. The summed E-state index contributed by atoms with van der Waals surface area (Å²) in [6, 6.07) is 0. The summed E-state index contributed by atoms with van der Waals surface area (Å²) in [4.78, 5) is 10.1. The normalized spacial score (nSPS) is 12.5. The summed E-state index contributed by atoms with van der Waals surface area (Å²) in [6.07, 6.45) is 1.13. The highest BCUT2D eigenvalue weighted by atomic mass is 16.5. The number of carbonyl (C=O) groups is 1. The minimum absolute atomic E-state index is 0.0358. The van der Waals surface area contributed by atoms with E-state index in [4.69, 9.17) is 15.3 Å². The Balaban J connectivity index is 3.59. The number of rotatable bonds is 5. The van der Waals surface area contributed by atoms with Gasteiger partial charge in [0.15, 0.2) is 0 Å². The van der Waals surface area contributed by atoms with Crippen LogP contribution in [0.1, 0.15) is 12.8 Å². The molecule has 0 heterocycles. The molecule has 0 saturated heterocycles. The van der Waals surface area contributed by atoms with Gasteiger partial charge in [-0.25, -0.2) is 0 Å². The maximum atomic E-state index is 10.1. The first kappa shape index (κ1) is 9.10. The van der Waals surface area contributed by atoms with E-state index in [0.717, 1.165) is 6.21 Å². The molecule has 0 rings (SSSR count). The van der Waals surface area contributed by atoms with Gasteiger partial charge in [0.25, 0.3) is 0 Å². The van der Waals surface area contributed by atoms with Gasteiger partial charge in [-0.2, -0.15) is 0 Å². The Bertz CT molecular complexity index is 124. The van der Waals surface area contributed by atoms with Gasteiger partial charge in [0.05, 0.1) is 12.5 Å². The second-order valence-electron chi connectivity index (χ2n) is 1.90. The molecule has 58 valence electrons. The fraction of sp³-hybridized carbons (Fsp3) is 0.667. The van der Waals surface area contributed by atoms with Crippen LogP contribution in [0.4, 0.5) is 0 Å². The van der Waals surface area contributed by atoms with Crippen molar-refractivity contribution in [1.82, 2.24) is 0 Å². The number of carboxylic acid groups (broad SMARTS) is 1. The maximum absolute atomic E-state index is 10.1. The van der Waals surface area contributed by atoms with E-state index < -0.39 is 5.97 Å². The third-order valence-corrected chi connectivity index (χ3v) is 1.12. The molecule has 4 heteroatoms. The van der Waals surface area contributed by atoms with E-state index in [1.807, 2.05) is 0 Å². The molecule has 0 aliphatic heterocycles. The first-order chi connectivity index (χ1) is 4.70. The number of hydrogen-bond acceptors (Lipinski definition) is 3. The number of aliphatic carboxylic acids is 1. The predicted molar refractivity (Wildman–Crippen MR) is 36.5 cm³/mol. The lowest BCUT2D eigenvalue weighted by atomic mass is 10.2. The standard InChI is InChI=1S/C6H11NO3/c1-10-5(2-3-7)4-6(8)9/h3,5,7H,2,4H2,1H3,(H,8,9). The molecule has 0 aliphatic rings. The summed E-state index contributed by atoms with van der Waals surface area (Å²) in [5, 5.41) is 15.0. The monoisotopic (exact) mass is 145 g/mol. The molecule has 0 aromatic carbocycles. The molecule has 1 unspecified atom stereocenters. The van der Waals surface area contributed by atoms with Crippen molar-refractivity contribution in [3.63, 3.8) is 0 Å². The molecule has 0 spiro atoms. The van der Waals surface area contributed by atoms with Crippen molar-refractivity contribution in [2.45, 2.75) is 18.9 Å². The molecule has 4 nitrogen and oxygen atoms in total. The largest absolute Gasteiger partial charge is 0.481 e. The molecule has 0 amide bonds. The van der Waals surface area contributed by atoms with E-state index in [1.165, 1.54) is 7.11 Å². The van der Waals surface area contributed by atoms with Gasteiger partial charge in [-0.1, -0.05) is 0 Å². The summed E-state index contributed by atoms with van der Waals surface area (Å²) in [5.41, 5.74) is 0. The highest BCUT2D eigenvalue weighted by molar-refractivity contribution is 5.68. The quantitative estimate of drug-likeness (QED) is 0.554. The fourth-order valence-electron chi connectivity index (χ4n) is 0.589. The Morgan fingerprint density at radius 1 is 1.90 bits per heavy atom. The molecule has 0 radical (unpaired) electrons. The first-order valence-corrected chi connectivity index (χ1v) is 2.94. The van der Waals surface area contributed by atoms with Gasteiger partial charge in [0.2, 0.25) is 0 Å². The lowest BCUT2D eigenvalue weighted by Crippen LogP contribution is -2.15. The predicted octanol–water partition coefficient (Wildman–Crippen LogP) is 0.516.